The number of hydrogen-bond acceptors (Lipinski definition) is 4. The molecule has 4 nitrogen and oxygen atoms in total. The van der Waals surface area contributed by atoms with Crippen LogP contribution in [0.5, 0.6) is 0 Å². The van der Waals surface area contributed by atoms with E-state index in [0.29, 0.717) is 36.0 Å². The fourth-order valence-corrected chi connectivity index (χ4v) is 4.34. The SMILES string of the molecule is O=C(c1c(F)cccc1Cl)N1CCN(c2nc3c(F)cc(F)cc3s2)CC1. The molecule has 0 spiro atoms. The first kappa shape index (κ1) is 18.1. The average molecular weight is 412 g/mol. The number of carbonyl (C=O) groups excluding carboxylic acids is 1. The van der Waals surface area contributed by atoms with E-state index in [1.807, 2.05) is 4.90 Å². The predicted molar refractivity (Wildman–Crippen MR) is 99.1 cm³/mol. The number of fused-ring (bicyclic) bond motifs is 1. The lowest BCUT2D eigenvalue weighted by molar-refractivity contribution is 0.0742. The van der Waals surface area contributed by atoms with Gasteiger partial charge in [-0.2, -0.15) is 0 Å². The molecular weight excluding hydrogens is 399 g/mol. The van der Waals surface area contributed by atoms with E-state index >= 15 is 0 Å². The summed E-state index contributed by atoms with van der Waals surface area (Å²) in [5, 5.41) is 0.636. The van der Waals surface area contributed by atoms with Crippen molar-refractivity contribution in [1.82, 2.24) is 9.88 Å². The van der Waals surface area contributed by atoms with E-state index in [2.05, 4.69) is 4.98 Å². The number of anilines is 1. The number of thiazole rings is 1. The highest BCUT2D eigenvalue weighted by atomic mass is 35.5. The average Bonchev–Trinajstić information content (AvgIpc) is 3.06. The number of rotatable bonds is 2. The van der Waals surface area contributed by atoms with E-state index in [1.165, 1.54) is 40.5 Å². The molecule has 1 aliphatic rings. The van der Waals surface area contributed by atoms with E-state index in [0.717, 1.165) is 6.07 Å². The molecule has 0 bridgehead atoms. The lowest BCUT2D eigenvalue weighted by Gasteiger charge is -2.34. The van der Waals surface area contributed by atoms with Gasteiger partial charge in [0, 0.05) is 32.2 Å². The fraction of sp³-hybridized carbons (Fsp3) is 0.222. The van der Waals surface area contributed by atoms with Gasteiger partial charge in [0.25, 0.3) is 5.91 Å². The first-order valence-electron chi connectivity index (χ1n) is 8.18. The third-order valence-electron chi connectivity index (χ3n) is 4.42. The second-order valence-electron chi connectivity index (χ2n) is 6.11. The van der Waals surface area contributed by atoms with Gasteiger partial charge in [0.1, 0.15) is 17.2 Å². The summed E-state index contributed by atoms with van der Waals surface area (Å²) in [7, 11) is 0. The third-order valence-corrected chi connectivity index (χ3v) is 5.79. The number of amides is 1. The van der Waals surface area contributed by atoms with Crippen molar-refractivity contribution < 1.29 is 18.0 Å². The lowest BCUT2D eigenvalue weighted by atomic mass is 10.1. The molecule has 27 heavy (non-hydrogen) atoms. The van der Waals surface area contributed by atoms with Crippen LogP contribution in [0, 0.1) is 17.5 Å². The van der Waals surface area contributed by atoms with Crippen LogP contribution in [0.15, 0.2) is 30.3 Å². The molecule has 4 rings (SSSR count). The van der Waals surface area contributed by atoms with Crippen LogP contribution < -0.4 is 4.90 Å². The van der Waals surface area contributed by atoms with Crippen LogP contribution in [0.3, 0.4) is 0 Å². The quantitative estimate of drug-likeness (QED) is 0.629. The highest BCUT2D eigenvalue weighted by molar-refractivity contribution is 7.22. The Bertz CT molecular complexity index is 1010. The first-order valence-corrected chi connectivity index (χ1v) is 9.37. The molecule has 3 aromatic rings. The standard InChI is InChI=1S/C18H13ClF3N3OS/c19-11-2-1-3-12(21)15(11)17(26)24-4-6-25(7-5-24)18-23-16-13(22)8-10(20)9-14(16)27-18/h1-3,8-9H,4-7H2. The van der Waals surface area contributed by atoms with Crippen LogP contribution in [-0.2, 0) is 0 Å². The fourth-order valence-electron chi connectivity index (χ4n) is 3.04. The van der Waals surface area contributed by atoms with Crippen LogP contribution in [0.25, 0.3) is 10.2 Å². The van der Waals surface area contributed by atoms with E-state index in [4.69, 9.17) is 11.6 Å². The molecule has 0 N–H and O–H groups in total. The van der Waals surface area contributed by atoms with Crippen molar-refractivity contribution in [2.24, 2.45) is 0 Å². The minimum Gasteiger partial charge on any atom is -0.345 e. The molecule has 0 aliphatic carbocycles. The number of carbonyl (C=O) groups is 1. The summed E-state index contributed by atoms with van der Waals surface area (Å²) >= 11 is 7.16. The molecule has 2 aromatic carbocycles. The maximum atomic E-state index is 14.0. The third kappa shape index (κ3) is 3.35. The van der Waals surface area contributed by atoms with Crippen molar-refractivity contribution in [3.05, 3.63) is 58.4 Å². The highest BCUT2D eigenvalue weighted by Crippen LogP contribution is 2.32. The molecule has 1 aliphatic heterocycles. The van der Waals surface area contributed by atoms with Gasteiger partial charge in [-0.3, -0.25) is 4.79 Å². The van der Waals surface area contributed by atoms with E-state index in [9.17, 15) is 18.0 Å². The molecule has 1 fully saturated rings. The Morgan fingerprint density at radius 3 is 2.52 bits per heavy atom. The molecule has 1 aromatic heterocycles. The van der Waals surface area contributed by atoms with Crippen molar-refractivity contribution in [2.75, 3.05) is 31.1 Å². The number of benzene rings is 2. The highest BCUT2D eigenvalue weighted by Gasteiger charge is 2.27. The van der Waals surface area contributed by atoms with Gasteiger partial charge in [-0.25, -0.2) is 18.2 Å². The number of aromatic nitrogens is 1. The maximum Gasteiger partial charge on any atom is 0.258 e. The second-order valence-corrected chi connectivity index (χ2v) is 7.52. The minimum atomic E-state index is -0.699. The van der Waals surface area contributed by atoms with E-state index in [1.54, 1.807) is 0 Å². The Balaban J connectivity index is 1.51. The van der Waals surface area contributed by atoms with Crippen molar-refractivity contribution in [2.45, 2.75) is 0 Å². The topological polar surface area (TPSA) is 36.4 Å². The van der Waals surface area contributed by atoms with Crippen LogP contribution in [0.2, 0.25) is 5.02 Å². The zero-order chi connectivity index (χ0) is 19.1. The number of nitrogens with zero attached hydrogens (tertiary/aromatic N) is 3. The molecule has 140 valence electrons. The van der Waals surface area contributed by atoms with Crippen LogP contribution in [-0.4, -0.2) is 42.0 Å². The summed E-state index contributed by atoms with van der Waals surface area (Å²) < 4.78 is 41.6. The van der Waals surface area contributed by atoms with Gasteiger partial charge in [-0.15, -0.1) is 0 Å². The molecule has 1 amide bonds. The van der Waals surface area contributed by atoms with Gasteiger partial charge >= 0.3 is 0 Å². The Morgan fingerprint density at radius 1 is 1.07 bits per heavy atom. The Hall–Kier alpha value is -2.32. The van der Waals surface area contributed by atoms with Gasteiger partial charge in [0.15, 0.2) is 10.9 Å². The van der Waals surface area contributed by atoms with Gasteiger partial charge in [0.05, 0.1) is 15.3 Å². The zero-order valence-corrected chi connectivity index (χ0v) is 15.5. The van der Waals surface area contributed by atoms with Crippen molar-refractivity contribution >= 4 is 44.2 Å². The maximum absolute atomic E-state index is 14.0. The monoisotopic (exact) mass is 411 g/mol. The van der Waals surface area contributed by atoms with Crippen LogP contribution >= 0.6 is 22.9 Å². The number of piperazine rings is 1. The number of hydrogen-bond donors (Lipinski definition) is 0. The summed E-state index contributed by atoms with van der Waals surface area (Å²) in [6.45, 7) is 1.58. The van der Waals surface area contributed by atoms with Gasteiger partial charge in [-0.1, -0.05) is 29.0 Å². The molecule has 0 saturated carbocycles. The Labute approximate surface area is 161 Å². The normalized spacial score (nSPS) is 14.8. The first-order chi connectivity index (χ1) is 12.9. The van der Waals surface area contributed by atoms with Gasteiger partial charge < -0.3 is 9.80 Å². The minimum absolute atomic E-state index is 0.0751. The van der Waals surface area contributed by atoms with Crippen molar-refractivity contribution in [3.8, 4) is 0 Å². The van der Waals surface area contributed by atoms with Crippen LogP contribution in [0.1, 0.15) is 10.4 Å². The smallest absolute Gasteiger partial charge is 0.258 e. The molecule has 0 atom stereocenters. The lowest BCUT2D eigenvalue weighted by Crippen LogP contribution is -2.49. The van der Waals surface area contributed by atoms with Crippen molar-refractivity contribution in [1.29, 1.82) is 0 Å². The summed E-state index contributed by atoms with van der Waals surface area (Å²) in [5.41, 5.74) is -0.00167. The Morgan fingerprint density at radius 2 is 1.81 bits per heavy atom. The van der Waals surface area contributed by atoms with E-state index < -0.39 is 23.4 Å². The summed E-state index contributed by atoms with van der Waals surface area (Å²) in [4.78, 5) is 20.3. The Kier molecular flexibility index (Phi) is 4.69. The zero-order valence-electron chi connectivity index (χ0n) is 13.9. The number of halogens is 4. The largest absolute Gasteiger partial charge is 0.345 e. The van der Waals surface area contributed by atoms with Crippen LogP contribution in [0.4, 0.5) is 18.3 Å². The van der Waals surface area contributed by atoms with Gasteiger partial charge in [0.2, 0.25) is 0 Å². The molecule has 0 unspecified atom stereocenters. The van der Waals surface area contributed by atoms with Gasteiger partial charge in [-0.05, 0) is 18.2 Å². The van der Waals surface area contributed by atoms with E-state index in [-0.39, 0.29) is 16.1 Å². The molecule has 9 heteroatoms. The second kappa shape index (κ2) is 7.01. The molecule has 0 radical (unpaired) electrons. The summed E-state index contributed by atoms with van der Waals surface area (Å²) in [6, 6.07) is 6.18. The summed E-state index contributed by atoms with van der Waals surface area (Å²) in [5.74, 6) is -2.46. The predicted octanol–water partition coefficient (Wildman–Crippen LogP) is 4.33. The molecule has 1 saturated heterocycles. The molecule has 2 heterocycles. The molecular formula is C18H13ClF3N3OS. The van der Waals surface area contributed by atoms with Crippen molar-refractivity contribution in [3.63, 3.8) is 0 Å². The summed E-state index contributed by atoms with van der Waals surface area (Å²) in [6.07, 6.45) is 0.